The average Bonchev–Trinajstić information content (AvgIpc) is 2.91. The number of pyridine rings is 1. The van der Waals surface area contributed by atoms with Crippen LogP contribution in [0, 0.1) is 0 Å². The lowest BCUT2D eigenvalue weighted by atomic mass is 10.2. The maximum Gasteiger partial charge on any atom is 0.411 e. The van der Waals surface area contributed by atoms with Crippen molar-refractivity contribution in [3.63, 3.8) is 0 Å². The van der Waals surface area contributed by atoms with E-state index in [9.17, 15) is 4.79 Å². The lowest BCUT2D eigenvalue weighted by Crippen LogP contribution is -2.12. The fraction of sp³-hybridized carbons (Fsp3) is 0.250. The number of rotatable bonds is 3. The Morgan fingerprint density at radius 2 is 2.14 bits per heavy atom. The van der Waals surface area contributed by atoms with Crippen LogP contribution in [0.15, 0.2) is 42.6 Å². The minimum atomic E-state index is -0.472. The quantitative estimate of drug-likeness (QED) is 0.906. The Bertz CT molecular complexity index is 657. The first-order chi connectivity index (χ1) is 10.3. The van der Waals surface area contributed by atoms with Gasteiger partial charge in [0.25, 0.3) is 0 Å². The fourth-order valence-electron chi connectivity index (χ4n) is 2.61. The Morgan fingerprint density at radius 3 is 3.00 bits per heavy atom. The van der Waals surface area contributed by atoms with E-state index in [2.05, 4.69) is 26.4 Å². The normalized spacial score (nSPS) is 16.1. The number of carbonyl (C=O) groups is 1. The molecule has 0 spiro atoms. The zero-order valence-electron chi connectivity index (χ0n) is 11.8. The van der Waals surface area contributed by atoms with Gasteiger partial charge < -0.3 is 10.1 Å². The number of amides is 1. The smallest absolute Gasteiger partial charge is 0.411 e. The number of nitrogens with one attached hydrogen (secondary N) is 2. The largest absolute Gasteiger partial charge is 0.453 e. The van der Waals surface area contributed by atoms with E-state index in [1.54, 1.807) is 0 Å². The van der Waals surface area contributed by atoms with Crippen molar-refractivity contribution in [2.75, 3.05) is 17.7 Å². The van der Waals surface area contributed by atoms with Crippen LogP contribution in [0.5, 0.6) is 0 Å². The van der Waals surface area contributed by atoms with Crippen molar-refractivity contribution in [3.05, 3.63) is 53.9 Å². The van der Waals surface area contributed by atoms with Gasteiger partial charge in [0.15, 0.2) is 0 Å². The van der Waals surface area contributed by atoms with Crippen molar-refractivity contribution < 1.29 is 9.53 Å². The van der Waals surface area contributed by atoms with Gasteiger partial charge in [-0.15, -0.1) is 0 Å². The molecule has 1 aliphatic carbocycles. The number of hydrogen-bond donors (Lipinski definition) is 2. The molecule has 1 unspecified atom stereocenters. The van der Waals surface area contributed by atoms with E-state index in [1.807, 2.05) is 36.5 Å². The highest BCUT2D eigenvalue weighted by Gasteiger charge is 2.23. The topological polar surface area (TPSA) is 63.2 Å². The highest BCUT2D eigenvalue weighted by molar-refractivity contribution is 5.85. The number of benzene rings is 1. The summed E-state index contributed by atoms with van der Waals surface area (Å²) in [6.07, 6.45) is 3.43. The second-order valence-electron chi connectivity index (χ2n) is 4.98. The zero-order chi connectivity index (χ0) is 14.7. The first kappa shape index (κ1) is 13.4. The highest BCUT2D eigenvalue weighted by Crippen LogP contribution is 2.32. The van der Waals surface area contributed by atoms with Gasteiger partial charge in [0.1, 0.15) is 0 Å². The third kappa shape index (κ3) is 2.97. The standard InChI is InChI=1S/C16H17N3O2/c1-21-16(20)19-13-6-2-5-12(10-13)18-14-8-7-11-4-3-9-17-15(11)14/h2-6,9-10,14,18H,7-8H2,1H3,(H,19,20). The lowest BCUT2D eigenvalue weighted by molar-refractivity contribution is 0.187. The van der Waals surface area contributed by atoms with E-state index >= 15 is 0 Å². The van der Waals surface area contributed by atoms with E-state index in [1.165, 1.54) is 12.7 Å². The average molecular weight is 283 g/mol. The van der Waals surface area contributed by atoms with Gasteiger partial charge in [0.05, 0.1) is 18.8 Å². The van der Waals surface area contributed by atoms with E-state index in [-0.39, 0.29) is 6.04 Å². The van der Waals surface area contributed by atoms with Crippen LogP contribution in [-0.2, 0) is 11.2 Å². The molecule has 0 saturated heterocycles. The van der Waals surface area contributed by atoms with Crippen LogP contribution in [0.25, 0.3) is 0 Å². The van der Waals surface area contributed by atoms with Crippen molar-refractivity contribution >= 4 is 17.5 Å². The molecule has 1 atom stereocenters. The highest BCUT2D eigenvalue weighted by atomic mass is 16.5. The molecule has 0 fully saturated rings. The van der Waals surface area contributed by atoms with E-state index in [0.29, 0.717) is 5.69 Å². The summed E-state index contributed by atoms with van der Waals surface area (Å²) >= 11 is 0. The van der Waals surface area contributed by atoms with Gasteiger partial charge in [-0.3, -0.25) is 10.3 Å². The molecule has 3 rings (SSSR count). The second kappa shape index (κ2) is 5.83. The zero-order valence-corrected chi connectivity index (χ0v) is 11.8. The summed E-state index contributed by atoms with van der Waals surface area (Å²) in [6.45, 7) is 0. The number of aromatic nitrogens is 1. The molecule has 1 aliphatic rings. The summed E-state index contributed by atoms with van der Waals surface area (Å²) < 4.78 is 4.59. The SMILES string of the molecule is COC(=O)Nc1cccc(NC2CCc3cccnc32)c1. The predicted molar refractivity (Wildman–Crippen MR) is 81.4 cm³/mol. The molecule has 0 bridgehead atoms. The summed E-state index contributed by atoms with van der Waals surface area (Å²) in [7, 11) is 1.35. The molecule has 5 nitrogen and oxygen atoms in total. The Balaban J connectivity index is 1.74. The molecular weight excluding hydrogens is 266 g/mol. The molecule has 2 N–H and O–H groups in total. The van der Waals surface area contributed by atoms with Crippen LogP contribution in [0.4, 0.5) is 16.2 Å². The minimum absolute atomic E-state index is 0.217. The molecule has 0 radical (unpaired) electrons. The molecule has 2 aromatic rings. The molecule has 1 aromatic carbocycles. The van der Waals surface area contributed by atoms with Gasteiger partial charge in [-0.2, -0.15) is 0 Å². The second-order valence-corrected chi connectivity index (χ2v) is 4.98. The van der Waals surface area contributed by atoms with Crippen LogP contribution in [0.1, 0.15) is 23.7 Å². The van der Waals surface area contributed by atoms with Crippen LogP contribution in [-0.4, -0.2) is 18.2 Å². The van der Waals surface area contributed by atoms with Crippen LogP contribution in [0.3, 0.4) is 0 Å². The van der Waals surface area contributed by atoms with Gasteiger partial charge in [0.2, 0.25) is 0 Å². The summed E-state index contributed by atoms with van der Waals surface area (Å²) in [6, 6.07) is 11.9. The number of ether oxygens (including phenoxy) is 1. The Kier molecular flexibility index (Phi) is 3.73. The Labute approximate surface area is 123 Å². The Hall–Kier alpha value is -2.56. The predicted octanol–water partition coefficient (Wildman–Crippen LogP) is 3.36. The van der Waals surface area contributed by atoms with Crippen LogP contribution < -0.4 is 10.6 Å². The molecule has 5 heteroatoms. The first-order valence-corrected chi connectivity index (χ1v) is 6.91. The number of anilines is 2. The number of hydrogen-bond acceptors (Lipinski definition) is 4. The summed E-state index contributed by atoms with van der Waals surface area (Å²) in [5, 5.41) is 6.13. The number of fused-ring (bicyclic) bond motifs is 1. The monoisotopic (exact) mass is 283 g/mol. The van der Waals surface area contributed by atoms with Crippen LogP contribution >= 0.6 is 0 Å². The molecule has 1 aromatic heterocycles. The molecule has 1 amide bonds. The summed E-state index contributed by atoms with van der Waals surface area (Å²) in [5.41, 5.74) is 4.07. The van der Waals surface area contributed by atoms with Crippen molar-refractivity contribution in [1.29, 1.82) is 0 Å². The minimum Gasteiger partial charge on any atom is -0.453 e. The molecule has 21 heavy (non-hydrogen) atoms. The molecular formula is C16H17N3O2. The van der Waals surface area contributed by atoms with Crippen molar-refractivity contribution in [1.82, 2.24) is 4.98 Å². The molecule has 1 heterocycles. The van der Waals surface area contributed by atoms with E-state index in [4.69, 9.17) is 0 Å². The number of aryl methyl sites for hydroxylation is 1. The van der Waals surface area contributed by atoms with Gasteiger partial charge in [-0.25, -0.2) is 4.79 Å². The van der Waals surface area contributed by atoms with Gasteiger partial charge in [-0.05, 0) is 42.7 Å². The van der Waals surface area contributed by atoms with Gasteiger partial charge in [-0.1, -0.05) is 12.1 Å². The lowest BCUT2D eigenvalue weighted by Gasteiger charge is -2.15. The fourth-order valence-corrected chi connectivity index (χ4v) is 2.61. The van der Waals surface area contributed by atoms with Crippen LogP contribution in [0.2, 0.25) is 0 Å². The van der Waals surface area contributed by atoms with Gasteiger partial charge in [0, 0.05) is 17.6 Å². The molecule has 0 aliphatic heterocycles. The van der Waals surface area contributed by atoms with Crippen molar-refractivity contribution in [2.45, 2.75) is 18.9 Å². The third-order valence-corrected chi connectivity index (χ3v) is 3.59. The van der Waals surface area contributed by atoms with Crippen molar-refractivity contribution in [2.24, 2.45) is 0 Å². The Morgan fingerprint density at radius 1 is 1.29 bits per heavy atom. The van der Waals surface area contributed by atoms with E-state index < -0.39 is 6.09 Å². The maximum atomic E-state index is 11.2. The third-order valence-electron chi connectivity index (χ3n) is 3.59. The number of carbonyl (C=O) groups excluding carboxylic acids is 1. The number of nitrogens with zero attached hydrogens (tertiary/aromatic N) is 1. The first-order valence-electron chi connectivity index (χ1n) is 6.91. The van der Waals surface area contributed by atoms with E-state index in [0.717, 1.165) is 24.2 Å². The summed E-state index contributed by atoms with van der Waals surface area (Å²) in [5.74, 6) is 0. The maximum absolute atomic E-state index is 11.2. The van der Waals surface area contributed by atoms with Gasteiger partial charge >= 0.3 is 6.09 Å². The summed E-state index contributed by atoms with van der Waals surface area (Å²) in [4.78, 5) is 15.7. The molecule has 108 valence electrons. The van der Waals surface area contributed by atoms with Crippen molar-refractivity contribution in [3.8, 4) is 0 Å². The number of methoxy groups -OCH3 is 1. The molecule has 0 saturated carbocycles.